The van der Waals surface area contributed by atoms with Gasteiger partial charge in [0.25, 0.3) is 0 Å². The maximum Gasteiger partial charge on any atom is 0.250 e. The van der Waals surface area contributed by atoms with Crippen LogP contribution in [0.4, 0.5) is 11.5 Å². The Morgan fingerprint density at radius 3 is 2.75 bits per heavy atom. The van der Waals surface area contributed by atoms with Crippen molar-refractivity contribution in [3.63, 3.8) is 0 Å². The first-order valence-electron chi connectivity index (χ1n) is 7.80. The Balaban J connectivity index is 2.09. The van der Waals surface area contributed by atoms with Crippen LogP contribution in [0, 0.1) is 13.8 Å². The van der Waals surface area contributed by atoms with Gasteiger partial charge >= 0.3 is 0 Å². The van der Waals surface area contributed by atoms with E-state index in [-0.39, 0.29) is 17.1 Å². The number of nitrogens with one attached hydrogen (secondary N) is 2. The molecule has 0 bridgehead atoms. The topological polar surface area (TPSA) is 76.0 Å². The van der Waals surface area contributed by atoms with Crippen molar-refractivity contribution in [2.45, 2.75) is 30.8 Å². The molecule has 2 aliphatic rings. The van der Waals surface area contributed by atoms with Crippen LogP contribution < -0.4 is 10.6 Å². The fourth-order valence-corrected chi connectivity index (χ4v) is 5.09. The predicted molar refractivity (Wildman–Crippen MR) is 94.2 cm³/mol. The third-order valence-corrected chi connectivity index (χ3v) is 6.19. The van der Waals surface area contributed by atoms with Crippen LogP contribution in [0.5, 0.6) is 0 Å². The Morgan fingerprint density at radius 1 is 1.25 bits per heavy atom. The van der Waals surface area contributed by atoms with Crippen LogP contribution in [0.25, 0.3) is 0 Å². The molecule has 1 spiro atoms. The number of carbonyl (C=O) groups excluding carboxylic acids is 2. The number of carbonyl (C=O) groups is 2. The zero-order chi connectivity index (χ0) is 17.2. The molecule has 0 saturated heterocycles. The summed E-state index contributed by atoms with van der Waals surface area (Å²) >= 11 is 1.38. The third-order valence-electron chi connectivity index (χ3n) is 4.66. The van der Waals surface area contributed by atoms with E-state index in [1.165, 1.54) is 11.8 Å². The maximum atomic E-state index is 13.1. The third kappa shape index (κ3) is 1.81. The minimum Gasteiger partial charge on any atom is -0.324 e. The summed E-state index contributed by atoms with van der Waals surface area (Å²) in [6.07, 6.45) is 0. The number of fused-ring (bicyclic) bond motifs is 4. The lowest BCUT2D eigenvalue weighted by molar-refractivity contribution is -0.117. The van der Waals surface area contributed by atoms with Gasteiger partial charge in [-0.1, -0.05) is 17.7 Å². The number of hydrogen-bond acceptors (Lipinski definition) is 4. The lowest BCUT2D eigenvalue weighted by Crippen LogP contribution is -2.34. The zero-order valence-corrected chi connectivity index (χ0v) is 14.7. The normalized spacial score (nSPS) is 25.1. The van der Waals surface area contributed by atoms with Crippen LogP contribution in [0.2, 0.25) is 0 Å². The van der Waals surface area contributed by atoms with Crippen LogP contribution in [0.1, 0.15) is 29.3 Å². The Labute approximate surface area is 144 Å². The molecule has 2 amide bonds. The number of benzene rings is 1. The average molecular weight is 342 g/mol. The van der Waals surface area contributed by atoms with Crippen LogP contribution in [0.15, 0.2) is 18.2 Å². The highest BCUT2D eigenvalue weighted by Crippen LogP contribution is 2.56. The Hall–Kier alpha value is -2.28. The zero-order valence-electron chi connectivity index (χ0n) is 13.9. The van der Waals surface area contributed by atoms with Crippen molar-refractivity contribution in [2.75, 3.05) is 10.6 Å². The van der Waals surface area contributed by atoms with Gasteiger partial charge in [0.05, 0.1) is 10.9 Å². The number of anilines is 2. The Bertz CT molecular complexity index is 904. The molecule has 2 aromatic rings. The highest BCUT2D eigenvalue weighted by molar-refractivity contribution is 8.02. The van der Waals surface area contributed by atoms with Gasteiger partial charge in [0.15, 0.2) is 4.75 Å². The summed E-state index contributed by atoms with van der Waals surface area (Å²) in [5, 5.41) is 10.0. The van der Waals surface area contributed by atoms with Gasteiger partial charge < -0.3 is 10.6 Å². The SMILES string of the molecule is Cc1ccc2c(c1)C1(SC(C)C(=O)Nc3c1c(C)nn3C)C(=O)N2. The summed E-state index contributed by atoms with van der Waals surface area (Å²) in [7, 11) is 1.78. The standard InChI is InChI=1S/C17H18N4O2S/c1-8-5-6-12-11(7-8)17(16(23)18-12)13-9(2)20-21(4)14(13)19-15(22)10(3)24-17/h5-7,10H,1-4H3,(H,18,23)(H,19,22). The summed E-state index contributed by atoms with van der Waals surface area (Å²) in [5.74, 6) is 0.364. The molecule has 124 valence electrons. The van der Waals surface area contributed by atoms with Gasteiger partial charge in [-0.3, -0.25) is 14.3 Å². The molecular formula is C17H18N4O2S. The highest BCUT2D eigenvalue weighted by atomic mass is 32.2. The quantitative estimate of drug-likeness (QED) is 0.770. The molecule has 1 aromatic carbocycles. The predicted octanol–water partition coefficient (Wildman–Crippen LogP) is 2.31. The van der Waals surface area contributed by atoms with Crippen molar-refractivity contribution in [1.29, 1.82) is 0 Å². The smallest absolute Gasteiger partial charge is 0.250 e. The number of thioether (sulfide) groups is 1. The lowest BCUT2D eigenvalue weighted by atomic mass is 9.90. The monoisotopic (exact) mass is 342 g/mol. The van der Waals surface area contributed by atoms with E-state index in [1.54, 1.807) is 11.7 Å². The molecule has 6 nitrogen and oxygen atoms in total. The molecule has 2 N–H and O–H groups in total. The molecule has 7 heteroatoms. The minimum absolute atomic E-state index is 0.116. The Morgan fingerprint density at radius 2 is 2.00 bits per heavy atom. The molecular weight excluding hydrogens is 324 g/mol. The minimum atomic E-state index is -0.965. The summed E-state index contributed by atoms with van der Waals surface area (Å²) in [6.45, 7) is 5.71. The fourth-order valence-electron chi connectivity index (χ4n) is 3.58. The Kier molecular flexibility index (Phi) is 3.09. The first-order chi connectivity index (χ1) is 11.3. The maximum absolute atomic E-state index is 13.1. The van der Waals surface area contributed by atoms with Crippen LogP contribution >= 0.6 is 11.8 Å². The molecule has 2 atom stereocenters. The average Bonchev–Trinajstić information content (AvgIpc) is 2.89. The second-order valence-electron chi connectivity index (χ2n) is 6.37. The second kappa shape index (κ2) is 4.86. The van der Waals surface area contributed by atoms with E-state index in [9.17, 15) is 9.59 Å². The van der Waals surface area contributed by atoms with E-state index < -0.39 is 4.75 Å². The molecule has 4 rings (SSSR count). The molecule has 24 heavy (non-hydrogen) atoms. The van der Waals surface area contributed by atoms with Crippen molar-refractivity contribution >= 4 is 35.1 Å². The number of nitrogens with zero attached hydrogens (tertiary/aromatic N) is 2. The van der Waals surface area contributed by atoms with E-state index in [2.05, 4.69) is 15.7 Å². The van der Waals surface area contributed by atoms with E-state index >= 15 is 0 Å². The van der Waals surface area contributed by atoms with Crippen LogP contribution in [0.3, 0.4) is 0 Å². The van der Waals surface area contributed by atoms with Crippen molar-refractivity contribution in [1.82, 2.24) is 9.78 Å². The van der Waals surface area contributed by atoms with E-state index in [0.717, 1.165) is 28.1 Å². The molecule has 0 aliphatic carbocycles. The summed E-state index contributed by atoms with van der Waals surface area (Å²) in [5.41, 5.74) is 4.30. The van der Waals surface area contributed by atoms with Gasteiger partial charge in [0.1, 0.15) is 5.82 Å². The number of aryl methyl sites for hydroxylation is 3. The van der Waals surface area contributed by atoms with Gasteiger partial charge in [0.2, 0.25) is 11.8 Å². The largest absolute Gasteiger partial charge is 0.324 e. The van der Waals surface area contributed by atoms with Gasteiger partial charge in [-0.2, -0.15) is 5.10 Å². The first-order valence-corrected chi connectivity index (χ1v) is 8.68. The summed E-state index contributed by atoms with van der Waals surface area (Å²) in [6, 6.07) is 5.93. The lowest BCUT2D eigenvalue weighted by Gasteiger charge is -2.27. The van der Waals surface area contributed by atoms with E-state index in [1.807, 2.05) is 39.0 Å². The molecule has 0 fully saturated rings. The van der Waals surface area contributed by atoms with Crippen LogP contribution in [-0.2, 0) is 21.4 Å². The second-order valence-corrected chi connectivity index (χ2v) is 7.92. The van der Waals surface area contributed by atoms with Gasteiger partial charge in [-0.15, -0.1) is 11.8 Å². The molecule has 0 saturated carbocycles. The van der Waals surface area contributed by atoms with Gasteiger partial charge in [0, 0.05) is 23.9 Å². The van der Waals surface area contributed by atoms with E-state index in [0.29, 0.717) is 5.82 Å². The summed E-state index contributed by atoms with van der Waals surface area (Å²) < 4.78 is 0.678. The molecule has 1 aromatic heterocycles. The van der Waals surface area contributed by atoms with E-state index in [4.69, 9.17) is 0 Å². The van der Waals surface area contributed by atoms with Crippen molar-refractivity contribution in [3.05, 3.63) is 40.6 Å². The molecule has 2 aliphatic heterocycles. The first kappa shape index (κ1) is 15.3. The van der Waals surface area contributed by atoms with Crippen molar-refractivity contribution < 1.29 is 9.59 Å². The van der Waals surface area contributed by atoms with Gasteiger partial charge in [-0.05, 0) is 26.8 Å². The highest BCUT2D eigenvalue weighted by Gasteiger charge is 2.55. The number of hydrogen-bond donors (Lipinski definition) is 2. The number of aromatic nitrogens is 2. The summed E-state index contributed by atoms with van der Waals surface area (Å²) in [4.78, 5) is 25.6. The molecule has 3 heterocycles. The van der Waals surface area contributed by atoms with Crippen LogP contribution in [-0.4, -0.2) is 26.8 Å². The number of rotatable bonds is 0. The molecule has 0 radical (unpaired) electrons. The fraction of sp³-hybridized carbons (Fsp3) is 0.353. The number of amides is 2. The molecule has 2 unspecified atom stereocenters. The van der Waals surface area contributed by atoms with Gasteiger partial charge in [-0.25, -0.2) is 0 Å². The van der Waals surface area contributed by atoms with Crippen molar-refractivity contribution in [3.8, 4) is 0 Å². The van der Waals surface area contributed by atoms with Crippen molar-refractivity contribution in [2.24, 2.45) is 7.05 Å².